The summed E-state index contributed by atoms with van der Waals surface area (Å²) in [5.74, 6) is -1.35. The SMILES string of the molecule is CSc1cccc(NC(=O)C(=O)Nc2c(C)cccc2C)c1. The molecule has 0 aromatic heterocycles. The number of anilines is 2. The third kappa shape index (κ3) is 3.89. The van der Waals surface area contributed by atoms with Crippen molar-refractivity contribution in [2.24, 2.45) is 0 Å². The Morgan fingerprint density at radius 3 is 2.14 bits per heavy atom. The molecule has 0 spiro atoms. The molecular formula is C17H18N2O2S. The molecule has 0 atom stereocenters. The van der Waals surface area contributed by atoms with Crippen molar-refractivity contribution in [3.05, 3.63) is 53.6 Å². The van der Waals surface area contributed by atoms with Crippen LogP contribution in [-0.2, 0) is 9.59 Å². The topological polar surface area (TPSA) is 58.2 Å². The van der Waals surface area contributed by atoms with Crippen LogP contribution in [0.25, 0.3) is 0 Å². The Morgan fingerprint density at radius 2 is 1.50 bits per heavy atom. The summed E-state index contributed by atoms with van der Waals surface area (Å²) in [6.45, 7) is 3.78. The summed E-state index contributed by atoms with van der Waals surface area (Å²) in [5.41, 5.74) is 3.13. The number of para-hydroxylation sites is 1. The number of aryl methyl sites for hydroxylation is 2. The lowest BCUT2D eigenvalue weighted by atomic mass is 10.1. The molecule has 2 amide bonds. The Morgan fingerprint density at radius 1 is 0.909 bits per heavy atom. The minimum absolute atomic E-state index is 0.605. The zero-order chi connectivity index (χ0) is 16.1. The summed E-state index contributed by atoms with van der Waals surface area (Å²) < 4.78 is 0. The third-order valence-corrected chi connectivity index (χ3v) is 3.98. The van der Waals surface area contributed by atoms with Crippen LogP contribution in [0.4, 0.5) is 11.4 Å². The van der Waals surface area contributed by atoms with Crippen LogP contribution in [-0.4, -0.2) is 18.1 Å². The van der Waals surface area contributed by atoms with E-state index in [4.69, 9.17) is 0 Å². The molecule has 0 heterocycles. The van der Waals surface area contributed by atoms with E-state index in [2.05, 4.69) is 10.6 Å². The van der Waals surface area contributed by atoms with Gasteiger partial charge in [0.05, 0.1) is 0 Å². The fourth-order valence-electron chi connectivity index (χ4n) is 2.07. The average Bonchev–Trinajstić information content (AvgIpc) is 2.51. The first-order valence-corrected chi connectivity index (χ1v) is 8.06. The second kappa shape index (κ2) is 7.13. The first-order chi connectivity index (χ1) is 10.5. The molecule has 2 aromatic carbocycles. The van der Waals surface area contributed by atoms with Gasteiger partial charge in [0.1, 0.15) is 0 Å². The predicted octanol–water partition coefficient (Wildman–Crippen LogP) is 3.60. The molecule has 0 saturated heterocycles. The molecule has 0 bridgehead atoms. The molecule has 0 fully saturated rings. The second-order valence-electron chi connectivity index (χ2n) is 4.91. The number of hydrogen-bond donors (Lipinski definition) is 2. The number of nitrogens with one attached hydrogen (secondary N) is 2. The van der Waals surface area contributed by atoms with Crippen molar-refractivity contribution < 1.29 is 9.59 Å². The van der Waals surface area contributed by atoms with Gasteiger partial charge in [-0.05, 0) is 49.4 Å². The maximum Gasteiger partial charge on any atom is 0.314 e. The fourth-order valence-corrected chi connectivity index (χ4v) is 2.53. The van der Waals surface area contributed by atoms with Crippen molar-refractivity contribution >= 4 is 35.0 Å². The average molecular weight is 314 g/mol. The van der Waals surface area contributed by atoms with Gasteiger partial charge in [0.2, 0.25) is 0 Å². The monoisotopic (exact) mass is 314 g/mol. The highest BCUT2D eigenvalue weighted by molar-refractivity contribution is 7.98. The summed E-state index contributed by atoms with van der Waals surface area (Å²) >= 11 is 1.57. The maximum absolute atomic E-state index is 12.0. The molecule has 4 nitrogen and oxygen atoms in total. The fraction of sp³-hybridized carbons (Fsp3) is 0.176. The van der Waals surface area contributed by atoms with Gasteiger partial charge in [0, 0.05) is 16.3 Å². The van der Waals surface area contributed by atoms with Gasteiger partial charge in [-0.15, -0.1) is 11.8 Å². The van der Waals surface area contributed by atoms with Gasteiger partial charge in [-0.3, -0.25) is 9.59 Å². The Balaban J connectivity index is 2.08. The van der Waals surface area contributed by atoms with E-state index in [-0.39, 0.29) is 0 Å². The van der Waals surface area contributed by atoms with Crippen LogP contribution < -0.4 is 10.6 Å². The molecule has 5 heteroatoms. The molecule has 0 aliphatic carbocycles. The Hall–Kier alpha value is -2.27. The van der Waals surface area contributed by atoms with Crippen molar-refractivity contribution in [2.75, 3.05) is 16.9 Å². The highest BCUT2D eigenvalue weighted by Crippen LogP contribution is 2.20. The second-order valence-corrected chi connectivity index (χ2v) is 5.79. The molecule has 0 unspecified atom stereocenters. The predicted molar refractivity (Wildman–Crippen MR) is 91.4 cm³/mol. The number of thioether (sulfide) groups is 1. The Bertz CT molecular complexity index is 693. The minimum Gasteiger partial charge on any atom is -0.318 e. The number of carbonyl (C=O) groups excluding carboxylic acids is 2. The highest BCUT2D eigenvalue weighted by Gasteiger charge is 2.16. The first-order valence-electron chi connectivity index (χ1n) is 6.84. The maximum atomic E-state index is 12.0. The van der Waals surface area contributed by atoms with E-state index in [9.17, 15) is 9.59 Å². The van der Waals surface area contributed by atoms with Crippen molar-refractivity contribution in [1.29, 1.82) is 0 Å². The van der Waals surface area contributed by atoms with Crippen molar-refractivity contribution in [3.8, 4) is 0 Å². The molecule has 22 heavy (non-hydrogen) atoms. The van der Waals surface area contributed by atoms with Crippen LogP contribution in [0.5, 0.6) is 0 Å². The zero-order valence-electron chi connectivity index (χ0n) is 12.8. The molecule has 0 aliphatic rings. The largest absolute Gasteiger partial charge is 0.318 e. The van der Waals surface area contributed by atoms with Gasteiger partial charge >= 0.3 is 11.8 Å². The number of rotatable bonds is 3. The first kappa shape index (κ1) is 16.1. The summed E-state index contributed by atoms with van der Waals surface area (Å²) in [5, 5.41) is 5.28. The minimum atomic E-state index is -0.680. The molecule has 2 rings (SSSR count). The third-order valence-electron chi connectivity index (χ3n) is 3.25. The number of benzene rings is 2. The zero-order valence-corrected chi connectivity index (χ0v) is 13.6. The standard InChI is InChI=1S/C17H18N2O2S/c1-11-6-4-7-12(2)15(11)19-17(21)16(20)18-13-8-5-9-14(10-13)22-3/h4-10H,1-3H3,(H,18,20)(H,19,21). The molecule has 0 radical (unpaired) electrons. The van der Waals surface area contributed by atoms with E-state index in [1.807, 2.05) is 56.5 Å². The van der Waals surface area contributed by atoms with E-state index < -0.39 is 11.8 Å². The van der Waals surface area contributed by atoms with Crippen LogP contribution in [0, 0.1) is 13.8 Å². The molecule has 0 aliphatic heterocycles. The molecule has 0 saturated carbocycles. The lowest BCUT2D eigenvalue weighted by Gasteiger charge is -2.11. The van der Waals surface area contributed by atoms with Crippen LogP contribution in [0.1, 0.15) is 11.1 Å². The highest BCUT2D eigenvalue weighted by atomic mass is 32.2. The van der Waals surface area contributed by atoms with E-state index in [0.29, 0.717) is 11.4 Å². The lowest BCUT2D eigenvalue weighted by molar-refractivity contribution is -0.133. The number of amides is 2. The summed E-state index contributed by atoms with van der Waals surface area (Å²) in [6, 6.07) is 13.1. The van der Waals surface area contributed by atoms with Crippen LogP contribution >= 0.6 is 11.8 Å². The number of carbonyl (C=O) groups is 2. The van der Waals surface area contributed by atoms with Gasteiger partial charge in [0.25, 0.3) is 0 Å². The van der Waals surface area contributed by atoms with Crippen LogP contribution in [0.2, 0.25) is 0 Å². The summed E-state index contributed by atoms with van der Waals surface area (Å²) in [6.07, 6.45) is 1.95. The Labute approximate surface area is 134 Å². The van der Waals surface area contributed by atoms with Gasteiger partial charge in [-0.1, -0.05) is 24.3 Å². The number of hydrogen-bond acceptors (Lipinski definition) is 3. The van der Waals surface area contributed by atoms with Crippen LogP contribution in [0.15, 0.2) is 47.4 Å². The smallest absolute Gasteiger partial charge is 0.314 e. The van der Waals surface area contributed by atoms with Gasteiger partial charge < -0.3 is 10.6 Å². The molecule has 2 aromatic rings. The van der Waals surface area contributed by atoms with Crippen LogP contribution in [0.3, 0.4) is 0 Å². The molecule has 114 valence electrons. The van der Waals surface area contributed by atoms with Crippen molar-refractivity contribution in [1.82, 2.24) is 0 Å². The van der Waals surface area contributed by atoms with E-state index in [1.54, 1.807) is 17.8 Å². The molecular weight excluding hydrogens is 296 g/mol. The van der Waals surface area contributed by atoms with E-state index in [1.165, 1.54) is 0 Å². The van der Waals surface area contributed by atoms with Gasteiger partial charge in [-0.25, -0.2) is 0 Å². The van der Waals surface area contributed by atoms with E-state index in [0.717, 1.165) is 16.0 Å². The quantitative estimate of drug-likeness (QED) is 0.672. The van der Waals surface area contributed by atoms with E-state index >= 15 is 0 Å². The normalized spacial score (nSPS) is 10.1. The van der Waals surface area contributed by atoms with Gasteiger partial charge in [-0.2, -0.15) is 0 Å². The van der Waals surface area contributed by atoms with Crippen molar-refractivity contribution in [3.63, 3.8) is 0 Å². The molecule has 2 N–H and O–H groups in total. The summed E-state index contributed by atoms with van der Waals surface area (Å²) in [4.78, 5) is 25.1. The lowest BCUT2D eigenvalue weighted by Crippen LogP contribution is -2.29. The van der Waals surface area contributed by atoms with Gasteiger partial charge in [0.15, 0.2) is 0 Å². The Kier molecular flexibility index (Phi) is 5.22. The van der Waals surface area contributed by atoms with Crippen molar-refractivity contribution in [2.45, 2.75) is 18.7 Å². The summed E-state index contributed by atoms with van der Waals surface area (Å²) in [7, 11) is 0.